The number of allylic oxidation sites excluding steroid dienone is 5. The molecule has 0 amide bonds. The highest BCUT2D eigenvalue weighted by atomic mass is 15.4. The number of hydrogen-bond donors (Lipinski definition) is 1. The second kappa shape index (κ2) is 5.81. The molecule has 24 heavy (non-hydrogen) atoms. The number of hydrogen-bond acceptors (Lipinski definition) is 2. The molecule has 2 heteroatoms. The van der Waals surface area contributed by atoms with Crippen LogP contribution in [0.15, 0.2) is 73.4 Å². The van der Waals surface area contributed by atoms with Gasteiger partial charge in [0.1, 0.15) is 0 Å². The lowest BCUT2D eigenvalue weighted by atomic mass is 9.86. The van der Waals surface area contributed by atoms with Gasteiger partial charge in [0.2, 0.25) is 0 Å². The van der Waals surface area contributed by atoms with Gasteiger partial charge in [0.05, 0.1) is 11.7 Å². The molecule has 2 N–H and O–H groups in total. The van der Waals surface area contributed by atoms with Crippen LogP contribution in [0.1, 0.15) is 22.6 Å². The molecule has 0 aromatic heterocycles. The van der Waals surface area contributed by atoms with Gasteiger partial charge in [-0.25, -0.2) is 5.84 Å². The maximum absolute atomic E-state index is 6.38. The van der Waals surface area contributed by atoms with Crippen LogP contribution in [-0.4, -0.2) is 6.04 Å². The summed E-state index contributed by atoms with van der Waals surface area (Å²) in [5, 5.41) is 4.57. The Morgan fingerprint density at radius 1 is 1.12 bits per heavy atom. The van der Waals surface area contributed by atoms with E-state index in [-0.39, 0.29) is 6.04 Å². The second-order valence-electron chi connectivity index (χ2n) is 6.52. The van der Waals surface area contributed by atoms with Gasteiger partial charge in [0, 0.05) is 5.92 Å². The molecule has 1 aliphatic carbocycles. The monoisotopic (exact) mass is 314 g/mol. The van der Waals surface area contributed by atoms with E-state index < -0.39 is 0 Å². The third-order valence-corrected chi connectivity index (χ3v) is 5.20. The molecule has 0 radical (unpaired) electrons. The van der Waals surface area contributed by atoms with Crippen molar-refractivity contribution in [2.75, 3.05) is 5.01 Å². The Balaban J connectivity index is 1.93. The smallest absolute Gasteiger partial charge is 0.0740 e. The number of nitrogens with zero attached hydrogens (tertiary/aromatic N) is 1. The quantitative estimate of drug-likeness (QED) is 0.657. The van der Waals surface area contributed by atoms with Crippen molar-refractivity contribution in [1.82, 2.24) is 0 Å². The van der Waals surface area contributed by atoms with E-state index in [2.05, 4.69) is 68.1 Å². The van der Waals surface area contributed by atoms with Crippen LogP contribution in [0.4, 0.5) is 5.69 Å². The first-order chi connectivity index (χ1) is 11.7. The average Bonchev–Trinajstić information content (AvgIpc) is 2.90. The molecule has 2 atom stereocenters. The Labute approximate surface area is 143 Å². The van der Waals surface area contributed by atoms with E-state index in [1.165, 1.54) is 27.5 Å². The molecule has 4 rings (SSSR count). The molecule has 120 valence electrons. The molecule has 0 saturated carbocycles. The minimum Gasteiger partial charge on any atom is -0.303 e. The summed E-state index contributed by atoms with van der Waals surface area (Å²) in [5.74, 6) is 6.72. The van der Waals surface area contributed by atoms with E-state index in [0.717, 1.165) is 12.1 Å². The highest BCUT2D eigenvalue weighted by molar-refractivity contribution is 5.95. The minimum absolute atomic E-state index is 0.223. The first kappa shape index (κ1) is 15.0. The lowest BCUT2D eigenvalue weighted by Gasteiger charge is -2.23. The standard InChI is InChI=1S/C22H22N2/c1-3-4-5-8-16-15(2)11-12-18-17(16)13-14-21-22(18)19-9-6-7-10-20(19)24(21)23/h3-7,9-14,19-20H,1,8,23H2,2H3/b5-4-. The normalized spacial score (nSPS) is 21.5. The maximum Gasteiger partial charge on any atom is 0.0740 e. The van der Waals surface area contributed by atoms with Crippen LogP contribution in [0.25, 0.3) is 10.8 Å². The Morgan fingerprint density at radius 2 is 1.92 bits per heavy atom. The fraction of sp³-hybridized carbons (Fsp3) is 0.182. The number of fused-ring (bicyclic) bond motifs is 5. The zero-order valence-corrected chi connectivity index (χ0v) is 13.9. The number of nitrogens with two attached hydrogens (primary N) is 1. The van der Waals surface area contributed by atoms with Gasteiger partial charge < -0.3 is 5.01 Å². The van der Waals surface area contributed by atoms with Gasteiger partial charge in [-0.1, -0.05) is 67.3 Å². The molecular weight excluding hydrogens is 292 g/mol. The largest absolute Gasteiger partial charge is 0.303 e. The van der Waals surface area contributed by atoms with Crippen molar-refractivity contribution in [2.24, 2.45) is 5.84 Å². The Kier molecular flexibility index (Phi) is 3.62. The molecule has 2 aromatic carbocycles. The molecule has 1 aliphatic heterocycles. The van der Waals surface area contributed by atoms with Crippen molar-refractivity contribution in [3.05, 3.63) is 90.1 Å². The third kappa shape index (κ3) is 2.15. The topological polar surface area (TPSA) is 29.3 Å². The van der Waals surface area contributed by atoms with Gasteiger partial charge >= 0.3 is 0 Å². The molecule has 2 unspecified atom stereocenters. The molecule has 2 aromatic rings. The summed E-state index contributed by atoms with van der Waals surface area (Å²) in [5.41, 5.74) is 5.21. The van der Waals surface area contributed by atoms with Crippen LogP contribution in [-0.2, 0) is 6.42 Å². The van der Waals surface area contributed by atoms with Gasteiger partial charge in [-0.3, -0.25) is 0 Å². The zero-order valence-electron chi connectivity index (χ0n) is 13.9. The van der Waals surface area contributed by atoms with Crippen LogP contribution in [0.5, 0.6) is 0 Å². The van der Waals surface area contributed by atoms with Crippen molar-refractivity contribution < 1.29 is 0 Å². The van der Waals surface area contributed by atoms with Crippen LogP contribution in [0, 0.1) is 6.92 Å². The van der Waals surface area contributed by atoms with E-state index in [9.17, 15) is 0 Å². The van der Waals surface area contributed by atoms with Gasteiger partial charge in [-0.05, 0) is 46.9 Å². The van der Waals surface area contributed by atoms with Gasteiger partial charge in [-0.15, -0.1) is 0 Å². The zero-order chi connectivity index (χ0) is 16.7. The maximum atomic E-state index is 6.38. The highest BCUT2D eigenvalue weighted by Crippen LogP contribution is 2.46. The molecule has 0 saturated heterocycles. The fourth-order valence-corrected chi connectivity index (χ4v) is 4.01. The summed E-state index contributed by atoms with van der Waals surface area (Å²) in [6.45, 7) is 5.94. The lowest BCUT2D eigenvalue weighted by Crippen LogP contribution is -2.38. The number of rotatable bonds is 3. The summed E-state index contributed by atoms with van der Waals surface area (Å²) < 4.78 is 0. The molecule has 0 fully saturated rings. The van der Waals surface area contributed by atoms with Gasteiger partial charge in [-0.2, -0.15) is 0 Å². The van der Waals surface area contributed by atoms with Crippen molar-refractivity contribution in [3.8, 4) is 0 Å². The molecular formula is C22H22N2. The van der Waals surface area contributed by atoms with Crippen molar-refractivity contribution in [3.63, 3.8) is 0 Å². The molecule has 0 bridgehead atoms. The summed E-state index contributed by atoms with van der Waals surface area (Å²) in [7, 11) is 0. The fourth-order valence-electron chi connectivity index (χ4n) is 4.01. The molecule has 1 heterocycles. The number of hydrazine groups is 1. The van der Waals surface area contributed by atoms with Crippen molar-refractivity contribution >= 4 is 16.5 Å². The second-order valence-corrected chi connectivity index (χ2v) is 6.52. The van der Waals surface area contributed by atoms with E-state index in [0.29, 0.717) is 5.92 Å². The summed E-state index contributed by atoms with van der Waals surface area (Å²) in [4.78, 5) is 0. The van der Waals surface area contributed by atoms with Crippen molar-refractivity contribution in [1.29, 1.82) is 0 Å². The number of aryl methyl sites for hydroxylation is 1. The summed E-state index contributed by atoms with van der Waals surface area (Å²) in [6, 6.07) is 9.12. The Bertz CT molecular complexity index is 902. The van der Waals surface area contributed by atoms with Crippen LogP contribution in [0.2, 0.25) is 0 Å². The first-order valence-corrected chi connectivity index (χ1v) is 8.44. The summed E-state index contributed by atoms with van der Waals surface area (Å²) in [6.07, 6.45) is 15.6. The predicted octanol–water partition coefficient (Wildman–Crippen LogP) is 4.70. The number of anilines is 1. The van der Waals surface area contributed by atoms with E-state index >= 15 is 0 Å². The third-order valence-electron chi connectivity index (χ3n) is 5.20. The Hall–Kier alpha value is -2.58. The van der Waals surface area contributed by atoms with E-state index in [1.54, 1.807) is 0 Å². The number of benzene rings is 2. The van der Waals surface area contributed by atoms with Crippen LogP contribution < -0.4 is 10.9 Å². The SMILES string of the molecule is C=C/C=C\Cc1c(C)ccc2c3c(ccc12)N(N)C1C=CC=CC31. The first-order valence-electron chi connectivity index (χ1n) is 8.44. The van der Waals surface area contributed by atoms with Crippen LogP contribution >= 0.6 is 0 Å². The van der Waals surface area contributed by atoms with Gasteiger partial charge in [0.15, 0.2) is 0 Å². The molecule has 2 nitrogen and oxygen atoms in total. The van der Waals surface area contributed by atoms with E-state index in [1.807, 2.05) is 17.2 Å². The highest BCUT2D eigenvalue weighted by Gasteiger charge is 2.36. The van der Waals surface area contributed by atoms with Gasteiger partial charge in [0.25, 0.3) is 0 Å². The minimum atomic E-state index is 0.223. The van der Waals surface area contributed by atoms with Crippen molar-refractivity contribution in [2.45, 2.75) is 25.3 Å². The lowest BCUT2D eigenvalue weighted by molar-refractivity contribution is 0.695. The van der Waals surface area contributed by atoms with Crippen LogP contribution in [0.3, 0.4) is 0 Å². The molecule has 2 aliphatic rings. The summed E-state index contributed by atoms with van der Waals surface area (Å²) >= 11 is 0. The van der Waals surface area contributed by atoms with E-state index in [4.69, 9.17) is 5.84 Å². The predicted molar refractivity (Wildman–Crippen MR) is 103 cm³/mol. The Morgan fingerprint density at radius 3 is 2.75 bits per heavy atom. The molecule has 0 spiro atoms. The average molecular weight is 314 g/mol.